The molecular formula is C25H34N6O6S. The van der Waals surface area contributed by atoms with E-state index >= 15 is 0 Å². The van der Waals surface area contributed by atoms with Gasteiger partial charge in [0.15, 0.2) is 5.69 Å². The lowest BCUT2D eigenvalue weighted by atomic mass is 10.1. The summed E-state index contributed by atoms with van der Waals surface area (Å²) in [7, 11) is -4.12. The van der Waals surface area contributed by atoms with Crippen LogP contribution in [0.5, 0.6) is 0 Å². The third-order valence-corrected chi connectivity index (χ3v) is 8.33. The highest BCUT2D eigenvalue weighted by atomic mass is 32.2. The highest BCUT2D eigenvalue weighted by Gasteiger charge is 2.29. The first-order valence-corrected chi connectivity index (χ1v) is 14.3. The first-order valence-electron chi connectivity index (χ1n) is 12.8. The average Bonchev–Trinajstić information content (AvgIpc) is 3.27. The van der Waals surface area contributed by atoms with E-state index in [2.05, 4.69) is 20.0 Å². The molecule has 3 N–H and O–H groups in total. The minimum atomic E-state index is -4.12. The van der Waals surface area contributed by atoms with Crippen LogP contribution in [0.25, 0.3) is 0 Å². The summed E-state index contributed by atoms with van der Waals surface area (Å²) in [6, 6.07) is 5.76. The van der Waals surface area contributed by atoms with Crippen LogP contribution >= 0.6 is 0 Å². The fourth-order valence-corrected chi connectivity index (χ4v) is 5.83. The molecule has 2 amide bonds. The van der Waals surface area contributed by atoms with Gasteiger partial charge in [-0.25, -0.2) is 8.42 Å². The molecule has 12 nitrogen and oxygen atoms in total. The van der Waals surface area contributed by atoms with Gasteiger partial charge in [0.1, 0.15) is 11.7 Å². The van der Waals surface area contributed by atoms with Crippen LogP contribution in [0.4, 0.5) is 0 Å². The van der Waals surface area contributed by atoms with Crippen molar-refractivity contribution < 1.29 is 27.9 Å². The SMILES string of the molecule is Cc1ccc(S(=O)(=O)N[C@@H](CNC(=O)c2cc3n(n2)CCCN(CCN2CCCCC2)C3=O)C(=O)O)cc1. The predicted octanol–water partition coefficient (Wildman–Crippen LogP) is 0.685. The molecule has 3 heterocycles. The van der Waals surface area contributed by atoms with Crippen LogP contribution in [-0.4, -0.2) is 96.2 Å². The summed E-state index contributed by atoms with van der Waals surface area (Å²) >= 11 is 0. The van der Waals surface area contributed by atoms with Gasteiger partial charge in [0.25, 0.3) is 11.8 Å². The quantitative estimate of drug-likeness (QED) is 0.393. The van der Waals surface area contributed by atoms with E-state index in [1.54, 1.807) is 24.0 Å². The summed E-state index contributed by atoms with van der Waals surface area (Å²) in [6.45, 7) is 5.88. The molecule has 1 aromatic carbocycles. The summed E-state index contributed by atoms with van der Waals surface area (Å²) in [5.41, 5.74) is 1.13. The number of nitrogens with one attached hydrogen (secondary N) is 2. The van der Waals surface area contributed by atoms with Crippen LogP contribution in [0.2, 0.25) is 0 Å². The second kappa shape index (κ2) is 12.0. The maximum atomic E-state index is 13.2. The van der Waals surface area contributed by atoms with Gasteiger partial charge < -0.3 is 20.2 Å². The molecule has 2 aliphatic rings. The van der Waals surface area contributed by atoms with Crippen molar-refractivity contribution in [3.63, 3.8) is 0 Å². The third-order valence-electron chi connectivity index (χ3n) is 6.85. The molecule has 1 fully saturated rings. The molecule has 1 saturated heterocycles. The number of fused-ring (bicyclic) bond motifs is 1. The van der Waals surface area contributed by atoms with E-state index in [4.69, 9.17) is 0 Å². The van der Waals surface area contributed by atoms with Crippen molar-refractivity contribution in [1.82, 2.24) is 29.6 Å². The Bertz CT molecular complexity index is 1270. The van der Waals surface area contributed by atoms with Gasteiger partial charge in [-0.1, -0.05) is 24.1 Å². The maximum Gasteiger partial charge on any atom is 0.323 e. The zero-order valence-electron chi connectivity index (χ0n) is 21.4. The number of sulfonamides is 1. The zero-order valence-corrected chi connectivity index (χ0v) is 22.2. The van der Waals surface area contributed by atoms with E-state index in [1.807, 2.05) is 0 Å². The number of rotatable bonds is 10. The van der Waals surface area contributed by atoms with E-state index in [1.165, 1.54) is 42.1 Å². The molecule has 0 unspecified atom stereocenters. The van der Waals surface area contributed by atoms with Crippen molar-refractivity contribution in [2.75, 3.05) is 39.3 Å². The molecular weight excluding hydrogens is 512 g/mol. The minimum absolute atomic E-state index is 0.0308. The van der Waals surface area contributed by atoms with Crippen molar-refractivity contribution in [1.29, 1.82) is 0 Å². The molecule has 0 bridgehead atoms. The second-order valence-electron chi connectivity index (χ2n) is 9.72. The van der Waals surface area contributed by atoms with Crippen LogP contribution < -0.4 is 10.0 Å². The lowest BCUT2D eigenvalue weighted by Gasteiger charge is -2.29. The van der Waals surface area contributed by atoms with E-state index in [0.29, 0.717) is 31.7 Å². The average molecular weight is 547 g/mol. The van der Waals surface area contributed by atoms with Gasteiger partial charge in [-0.3, -0.25) is 19.1 Å². The summed E-state index contributed by atoms with van der Waals surface area (Å²) in [5.74, 6) is -2.33. The largest absolute Gasteiger partial charge is 0.480 e. The van der Waals surface area contributed by atoms with E-state index in [0.717, 1.165) is 25.2 Å². The number of hydrogen-bond donors (Lipinski definition) is 3. The third kappa shape index (κ3) is 6.77. The maximum absolute atomic E-state index is 13.2. The van der Waals surface area contributed by atoms with Crippen LogP contribution in [0.1, 0.15) is 52.2 Å². The van der Waals surface area contributed by atoms with Crippen LogP contribution in [-0.2, 0) is 21.4 Å². The monoisotopic (exact) mass is 546 g/mol. The number of benzene rings is 1. The number of aliphatic carboxylic acids is 1. The number of aryl methyl sites for hydroxylation is 2. The fraction of sp³-hybridized carbons (Fsp3) is 0.520. The molecule has 1 atom stereocenters. The Morgan fingerprint density at radius 2 is 1.74 bits per heavy atom. The van der Waals surface area contributed by atoms with Gasteiger partial charge in [0.05, 0.1) is 4.90 Å². The standard InChI is InChI=1S/C25H34N6O6S/c1-18-6-8-19(9-7-18)38(36,37)28-21(25(34)35)17-26-23(32)20-16-22-24(33)30(12-5-13-31(22)27-20)15-14-29-10-3-2-4-11-29/h6-9,16,21,28H,2-5,10-15,17H2,1H3,(H,26,32)(H,34,35)/t21-/m0/s1. The number of likely N-dealkylation sites (tertiary alicyclic amines) is 1. The Morgan fingerprint density at radius 1 is 1.03 bits per heavy atom. The second-order valence-corrected chi connectivity index (χ2v) is 11.4. The number of amides is 2. The molecule has 4 rings (SSSR count). The van der Waals surface area contributed by atoms with Crippen LogP contribution in [0.3, 0.4) is 0 Å². The van der Waals surface area contributed by atoms with Crippen molar-refractivity contribution >= 4 is 27.8 Å². The Balaban J connectivity index is 1.38. The number of carbonyl (C=O) groups is 3. The van der Waals surface area contributed by atoms with Gasteiger partial charge in [-0.05, 0) is 51.4 Å². The van der Waals surface area contributed by atoms with Crippen molar-refractivity contribution in [3.8, 4) is 0 Å². The van der Waals surface area contributed by atoms with Gasteiger partial charge in [0, 0.05) is 38.8 Å². The normalized spacial score (nSPS) is 17.5. The molecule has 2 aliphatic heterocycles. The van der Waals surface area contributed by atoms with Crippen LogP contribution in [0.15, 0.2) is 35.2 Å². The lowest BCUT2D eigenvalue weighted by molar-refractivity contribution is -0.138. The number of carboxylic acids is 1. The molecule has 206 valence electrons. The Morgan fingerprint density at radius 3 is 2.42 bits per heavy atom. The van der Waals surface area contributed by atoms with Crippen molar-refractivity contribution in [2.45, 2.75) is 50.1 Å². The predicted molar refractivity (Wildman–Crippen MR) is 138 cm³/mol. The van der Waals surface area contributed by atoms with Crippen LogP contribution in [0, 0.1) is 6.92 Å². The number of carbonyl (C=O) groups excluding carboxylic acids is 2. The minimum Gasteiger partial charge on any atom is -0.480 e. The van der Waals surface area contributed by atoms with E-state index < -0.39 is 34.5 Å². The van der Waals surface area contributed by atoms with Gasteiger partial charge in [0.2, 0.25) is 10.0 Å². The van der Waals surface area contributed by atoms with Gasteiger partial charge in [-0.15, -0.1) is 0 Å². The number of hydrogen-bond acceptors (Lipinski definition) is 7. The Labute approximate surface area is 222 Å². The molecule has 38 heavy (non-hydrogen) atoms. The number of piperidine rings is 1. The summed E-state index contributed by atoms with van der Waals surface area (Å²) in [4.78, 5) is 41.7. The lowest BCUT2D eigenvalue weighted by Crippen LogP contribution is -2.48. The molecule has 0 aliphatic carbocycles. The number of carboxylic acid groups (broad SMARTS) is 1. The highest BCUT2D eigenvalue weighted by molar-refractivity contribution is 7.89. The summed E-state index contributed by atoms with van der Waals surface area (Å²) < 4.78 is 28.8. The molecule has 0 radical (unpaired) electrons. The number of nitrogens with zero attached hydrogens (tertiary/aromatic N) is 4. The fourth-order valence-electron chi connectivity index (χ4n) is 4.64. The highest BCUT2D eigenvalue weighted by Crippen LogP contribution is 2.16. The molecule has 13 heteroatoms. The van der Waals surface area contributed by atoms with Crippen molar-refractivity contribution in [3.05, 3.63) is 47.3 Å². The van der Waals surface area contributed by atoms with E-state index in [9.17, 15) is 27.9 Å². The molecule has 0 saturated carbocycles. The smallest absolute Gasteiger partial charge is 0.323 e. The van der Waals surface area contributed by atoms with Gasteiger partial charge in [-0.2, -0.15) is 9.82 Å². The van der Waals surface area contributed by atoms with Gasteiger partial charge >= 0.3 is 5.97 Å². The molecule has 2 aromatic rings. The first kappa shape index (κ1) is 27.7. The summed E-state index contributed by atoms with van der Waals surface area (Å²) in [5, 5.41) is 16.2. The zero-order chi connectivity index (χ0) is 27.3. The number of aromatic nitrogens is 2. The topological polar surface area (TPSA) is 154 Å². The van der Waals surface area contributed by atoms with Crippen molar-refractivity contribution in [2.24, 2.45) is 0 Å². The molecule has 0 spiro atoms. The van der Waals surface area contributed by atoms with E-state index in [-0.39, 0.29) is 16.5 Å². The Hall–Kier alpha value is -3.29. The Kier molecular flexibility index (Phi) is 8.80. The first-order chi connectivity index (χ1) is 18.1. The molecule has 1 aromatic heterocycles. The summed E-state index contributed by atoms with van der Waals surface area (Å²) in [6.07, 6.45) is 4.29.